The second kappa shape index (κ2) is 11.6. The van der Waals surface area contributed by atoms with Crippen LogP contribution in [0.3, 0.4) is 0 Å². The zero-order valence-corrected chi connectivity index (χ0v) is 17.8. The van der Waals surface area contributed by atoms with E-state index in [1.165, 1.54) is 6.33 Å². The lowest BCUT2D eigenvalue weighted by atomic mass is 9.94. The molecule has 3 rings (SSSR count). The molecule has 170 valence electrons. The number of carbonyl (C=O) groups is 1. The van der Waals surface area contributed by atoms with Crippen molar-refractivity contribution in [3.05, 3.63) is 93.2 Å². The Hall–Kier alpha value is -3.96. The highest BCUT2D eigenvalue weighted by molar-refractivity contribution is 5.77. The van der Waals surface area contributed by atoms with Gasteiger partial charge in [0.15, 0.2) is 6.67 Å². The summed E-state index contributed by atoms with van der Waals surface area (Å²) in [6.07, 6.45) is 2.14. The topological polar surface area (TPSA) is 115 Å². The lowest BCUT2D eigenvalue weighted by molar-refractivity contribution is -0.122. The molecule has 0 aliphatic rings. The molecule has 2 aromatic carbocycles. The number of rotatable bonds is 8. The fourth-order valence-electron chi connectivity index (χ4n) is 3.29. The normalized spacial score (nSPS) is 11.3. The van der Waals surface area contributed by atoms with Crippen molar-refractivity contribution >= 4 is 5.91 Å². The van der Waals surface area contributed by atoms with Gasteiger partial charge in [0, 0.05) is 30.2 Å². The van der Waals surface area contributed by atoms with E-state index >= 15 is 0 Å². The maximum atomic E-state index is 12.5. The van der Waals surface area contributed by atoms with Crippen LogP contribution >= 0.6 is 0 Å². The molecule has 0 saturated carbocycles. The summed E-state index contributed by atoms with van der Waals surface area (Å²) in [6, 6.07) is 15.1. The summed E-state index contributed by atoms with van der Waals surface area (Å²) < 4.78 is 12.5. The fraction of sp³-hybridized carbons (Fsp3) is 0.240. The summed E-state index contributed by atoms with van der Waals surface area (Å²) in [4.78, 5) is 29.5. The summed E-state index contributed by atoms with van der Waals surface area (Å²) in [5.74, 6) is 4.35. The van der Waals surface area contributed by atoms with Crippen molar-refractivity contribution in [1.82, 2.24) is 15.3 Å². The Morgan fingerprint density at radius 2 is 1.67 bits per heavy atom. The highest BCUT2D eigenvalue weighted by Gasteiger charge is 2.20. The molecule has 3 aromatic rings. The van der Waals surface area contributed by atoms with Gasteiger partial charge >= 0.3 is 0 Å². The Morgan fingerprint density at radius 3 is 2.24 bits per heavy atom. The number of benzene rings is 2. The molecule has 0 spiro atoms. The molecular formula is C25H24FN3O4. The SMILES string of the molecule is O=C(CF)NCC(Cc1ccc(C#Cc2ccc(CCO)cc2)cc1)c1nc[nH]c(=O)c1O. The zero-order valence-electron chi connectivity index (χ0n) is 17.8. The Morgan fingerprint density at radius 1 is 1.06 bits per heavy atom. The van der Waals surface area contributed by atoms with Crippen LogP contribution in [0.15, 0.2) is 59.7 Å². The first-order valence-corrected chi connectivity index (χ1v) is 10.4. The number of nitrogens with zero attached hydrogens (tertiary/aromatic N) is 1. The third-order valence-electron chi connectivity index (χ3n) is 5.05. The number of nitrogens with one attached hydrogen (secondary N) is 2. The summed E-state index contributed by atoms with van der Waals surface area (Å²) in [7, 11) is 0. The number of aliphatic hydroxyl groups excluding tert-OH is 1. The van der Waals surface area contributed by atoms with Crippen LogP contribution in [0.4, 0.5) is 4.39 Å². The predicted molar refractivity (Wildman–Crippen MR) is 122 cm³/mol. The number of aromatic nitrogens is 2. The number of halogens is 1. The molecule has 0 aliphatic carbocycles. The van der Waals surface area contributed by atoms with Gasteiger partial charge in [-0.25, -0.2) is 9.37 Å². The minimum atomic E-state index is -1.15. The van der Waals surface area contributed by atoms with Crippen LogP contribution in [-0.2, 0) is 17.6 Å². The molecule has 0 radical (unpaired) electrons. The molecule has 1 aromatic heterocycles. The molecule has 8 heteroatoms. The lowest BCUT2D eigenvalue weighted by Crippen LogP contribution is -2.31. The van der Waals surface area contributed by atoms with Crippen LogP contribution in [0.2, 0.25) is 0 Å². The minimum absolute atomic E-state index is 0.0145. The van der Waals surface area contributed by atoms with Crippen molar-refractivity contribution in [1.29, 1.82) is 0 Å². The third-order valence-corrected chi connectivity index (χ3v) is 5.05. The van der Waals surface area contributed by atoms with Crippen molar-refractivity contribution < 1.29 is 19.4 Å². The van der Waals surface area contributed by atoms with Gasteiger partial charge in [0.2, 0.25) is 5.75 Å². The van der Waals surface area contributed by atoms with Crippen LogP contribution in [0.5, 0.6) is 5.75 Å². The Balaban J connectivity index is 1.74. The van der Waals surface area contributed by atoms with Gasteiger partial charge in [0.05, 0.1) is 12.0 Å². The molecule has 33 heavy (non-hydrogen) atoms. The molecule has 1 amide bonds. The largest absolute Gasteiger partial charge is 0.502 e. The summed E-state index contributed by atoms with van der Waals surface area (Å²) in [5.41, 5.74) is 3.03. The number of carbonyl (C=O) groups excluding carboxylic acids is 1. The maximum absolute atomic E-state index is 12.5. The van der Waals surface area contributed by atoms with E-state index in [1.807, 2.05) is 48.5 Å². The van der Waals surface area contributed by atoms with Gasteiger partial charge in [-0.3, -0.25) is 9.59 Å². The number of aromatic amines is 1. The van der Waals surface area contributed by atoms with Crippen molar-refractivity contribution in [2.45, 2.75) is 18.8 Å². The Labute approximate surface area is 190 Å². The average molecular weight is 449 g/mol. The van der Waals surface area contributed by atoms with Gasteiger partial charge in [-0.2, -0.15) is 0 Å². The van der Waals surface area contributed by atoms with Crippen molar-refractivity contribution in [3.63, 3.8) is 0 Å². The quantitative estimate of drug-likeness (QED) is 0.392. The van der Waals surface area contributed by atoms with Gasteiger partial charge in [-0.15, -0.1) is 0 Å². The molecule has 7 nitrogen and oxygen atoms in total. The molecule has 1 atom stereocenters. The van der Waals surface area contributed by atoms with Crippen molar-refractivity contribution in [2.75, 3.05) is 19.8 Å². The van der Waals surface area contributed by atoms with Crippen molar-refractivity contribution in [2.24, 2.45) is 0 Å². The second-order valence-corrected chi connectivity index (χ2v) is 7.42. The molecule has 0 fully saturated rings. The number of aromatic hydroxyl groups is 1. The van der Waals surface area contributed by atoms with E-state index in [0.717, 1.165) is 22.3 Å². The van der Waals surface area contributed by atoms with Crippen LogP contribution < -0.4 is 10.9 Å². The van der Waals surface area contributed by atoms with Gasteiger partial charge in [-0.05, 0) is 48.2 Å². The number of amides is 1. The summed E-state index contributed by atoms with van der Waals surface area (Å²) >= 11 is 0. The van der Waals surface area contributed by atoms with E-state index < -0.39 is 29.8 Å². The van der Waals surface area contributed by atoms with Crippen LogP contribution in [0, 0.1) is 11.8 Å². The highest BCUT2D eigenvalue weighted by atomic mass is 19.1. The predicted octanol–water partition coefficient (Wildman–Crippen LogP) is 1.82. The fourth-order valence-corrected chi connectivity index (χ4v) is 3.29. The number of hydrogen-bond donors (Lipinski definition) is 4. The number of H-pyrrole nitrogens is 1. The van der Waals surface area contributed by atoms with E-state index in [2.05, 4.69) is 27.1 Å². The lowest BCUT2D eigenvalue weighted by Gasteiger charge is -2.17. The minimum Gasteiger partial charge on any atom is -0.502 e. The zero-order chi connectivity index (χ0) is 23.6. The van der Waals surface area contributed by atoms with Crippen LogP contribution in [0.1, 0.15) is 33.9 Å². The van der Waals surface area contributed by atoms with E-state index in [0.29, 0.717) is 12.8 Å². The Bertz CT molecular complexity index is 1200. The van der Waals surface area contributed by atoms with Crippen molar-refractivity contribution in [3.8, 4) is 17.6 Å². The first-order chi connectivity index (χ1) is 16.0. The molecule has 1 heterocycles. The van der Waals surface area contributed by atoms with E-state index in [4.69, 9.17) is 5.11 Å². The smallest absolute Gasteiger partial charge is 0.293 e. The maximum Gasteiger partial charge on any atom is 0.293 e. The van der Waals surface area contributed by atoms with Gasteiger partial charge in [0.1, 0.15) is 0 Å². The summed E-state index contributed by atoms with van der Waals surface area (Å²) in [6.45, 7) is -1.03. The van der Waals surface area contributed by atoms with E-state index in [9.17, 15) is 19.1 Å². The molecule has 0 aliphatic heterocycles. The second-order valence-electron chi connectivity index (χ2n) is 7.42. The molecule has 0 saturated heterocycles. The Kier molecular flexibility index (Phi) is 8.33. The van der Waals surface area contributed by atoms with Gasteiger partial charge in [-0.1, -0.05) is 36.1 Å². The first kappa shape index (κ1) is 23.7. The van der Waals surface area contributed by atoms with Crippen LogP contribution in [-0.4, -0.2) is 45.9 Å². The molecule has 4 N–H and O–H groups in total. The number of alkyl halides is 1. The molecular weight excluding hydrogens is 425 g/mol. The summed E-state index contributed by atoms with van der Waals surface area (Å²) in [5, 5.41) is 21.5. The van der Waals surface area contributed by atoms with Gasteiger partial charge < -0.3 is 20.5 Å². The average Bonchev–Trinajstić information content (AvgIpc) is 2.84. The van der Waals surface area contributed by atoms with E-state index in [1.54, 1.807) is 0 Å². The van der Waals surface area contributed by atoms with E-state index in [-0.39, 0.29) is 18.8 Å². The monoisotopic (exact) mass is 449 g/mol. The number of hydrogen-bond acceptors (Lipinski definition) is 5. The number of aliphatic hydroxyl groups is 1. The molecule has 0 bridgehead atoms. The third kappa shape index (κ3) is 6.76. The standard InChI is InChI=1S/C25H24FN3O4/c26-14-22(31)27-15-21(23-24(32)25(33)29-16-28-23)13-20-9-7-18(8-10-20)2-1-17-3-5-19(6-4-17)11-12-30/h3-10,16,21,30,32H,11-15H2,(H,27,31)(H,28,29,33). The van der Waals surface area contributed by atoms with Crippen LogP contribution in [0.25, 0.3) is 0 Å². The van der Waals surface area contributed by atoms with Gasteiger partial charge in [0.25, 0.3) is 11.5 Å². The highest BCUT2D eigenvalue weighted by Crippen LogP contribution is 2.23. The molecule has 1 unspecified atom stereocenters. The first-order valence-electron chi connectivity index (χ1n) is 10.4.